The van der Waals surface area contributed by atoms with Crippen LogP contribution in [0.25, 0.3) is 0 Å². The smallest absolute Gasteiger partial charge is 0.263 e. The van der Waals surface area contributed by atoms with Gasteiger partial charge in [0.05, 0.1) is 0 Å². The molecule has 108 valence electrons. The Morgan fingerprint density at radius 2 is 1.80 bits per heavy atom. The summed E-state index contributed by atoms with van der Waals surface area (Å²) in [5, 5.41) is 0. The van der Waals surface area contributed by atoms with Crippen LogP contribution in [0.5, 0.6) is 5.75 Å². The molecule has 0 radical (unpaired) electrons. The van der Waals surface area contributed by atoms with Crippen LogP contribution in [0, 0.1) is 0 Å². The number of likely N-dealkylation sites (tertiary alicyclic amines) is 1. The molecule has 1 atom stereocenters. The standard InChI is InChI=1S/C16H21NO3/c1-3-15(18)13-6-8-14(9-7-13)20-12(2)16(19)17-10-4-5-11-17/h6-9,12H,3-5,10-11H2,1-2H3. The predicted molar refractivity (Wildman–Crippen MR) is 77.0 cm³/mol. The molecule has 4 nitrogen and oxygen atoms in total. The van der Waals surface area contributed by atoms with Gasteiger partial charge in [0.25, 0.3) is 5.91 Å². The average molecular weight is 275 g/mol. The summed E-state index contributed by atoms with van der Waals surface area (Å²) in [6.45, 7) is 5.27. The van der Waals surface area contributed by atoms with Crippen molar-refractivity contribution in [2.75, 3.05) is 13.1 Å². The first-order valence-electron chi connectivity index (χ1n) is 7.20. The Balaban J connectivity index is 1.95. The van der Waals surface area contributed by atoms with Gasteiger partial charge in [0.15, 0.2) is 11.9 Å². The van der Waals surface area contributed by atoms with Gasteiger partial charge in [-0.15, -0.1) is 0 Å². The van der Waals surface area contributed by atoms with Crippen molar-refractivity contribution >= 4 is 11.7 Å². The molecule has 2 rings (SSSR count). The number of rotatable bonds is 5. The maximum atomic E-state index is 12.1. The summed E-state index contributed by atoms with van der Waals surface area (Å²) in [5.41, 5.74) is 0.679. The molecule has 0 aliphatic carbocycles. The fourth-order valence-corrected chi connectivity index (χ4v) is 2.37. The Bertz CT molecular complexity index is 475. The number of Topliss-reactive ketones (excluding diaryl/α,β-unsaturated/α-hetero) is 1. The second-order valence-electron chi connectivity index (χ2n) is 5.09. The number of nitrogens with zero attached hydrogens (tertiary/aromatic N) is 1. The molecule has 1 aromatic carbocycles. The zero-order valence-electron chi connectivity index (χ0n) is 12.1. The molecule has 0 spiro atoms. The van der Waals surface area contributed by atoms with E-state index in [4.69, 9.17) is 4.74 Å². The minimum atomic E-state index is -0.485. The van der Waals surface area contributed by atoms with E-state index in [0.717, 1.165) is 25.9 Å². The van der Waals surface area contributed by atoms with Crippen molar-refractivity contribution in [3.63, 3.8) is 0 Å². The van der Waals surface area contributed by atoms with Crippen molar-refractivity contribution in [1.82, 2.24) is 4.90 Å². The first kappa shape index (κ1) is 14.6. The monoisotopic (exact) mass is 275 g/mol. The molecule has 1 aliphatic rings. The zero-order valence-corrected chi connectivity index (χ0v) is 12.1. The van der Waals surface area contributed by atoms with Gasteiger partial charge in [-0.25, -0.2) is 0 Å². The van der Waals surface area contributed by atoms with E-state index in [1.807, 2.05) is 11.8 Å². The first-order chi connectivity index (χ1) is 9.61. The quantitative estimate of drug-likeness (QED) is 0.776. The van der Waals surface area contributed by atoms with E-state index in [0.29, 0.717) is 17.7 Å². The van der Waals surface area contributed by atoms with Gasteiger partial charge in [-0.05, 0) is 44.0 Å². The molecule has 0 aromatic heterocycles. The molecule has 0 saturated carbocycles. The molecular weight excluding hydrogens is 254 g/mol. The molecular formula is C16H21NO3. The van der Waals surface area contributed by atoms with Crippen molar-refractivity contribution in [2.45, 2.75) is 39.2 Å². The number of ketones is 1. The summed E-state index contributed by atoms with van der Waals surface area (Å²) in [5.74, 6) is 0.770. The fourth-order valence-electron chi connectivity index (χ4n) is 2.37. The fraction of sp³-hybridized carbons (Fsp3) is 0.500. The van der Waals surface area contributed by atoms with Crippen LogP contribution < -0.4 is 4.74 Å². The summed E-state index contributed by atoms with van der Waals surface area (Å²) in [7, 11) is 0. The third kappa shape index (κ3) is 3.38. The lowest BCUT2D eigenvalue weighted by molar-refractivity contribution is -0.136. The largest absolute Gasteiger partial charge is 0.481 e. The third-order valence-electron chi connectivity index (χ3n) is 3.58. The summed E-state index contributed by atoms with van der Waals surface area (Å²) in [4.78, 5) is 25.5. The van der Waals surface area contributed by atoms with Crippen LogP contribution in [-0.2, 0) is 4.79 Å². The minimum absolute atomic E-state index is 0.0382. The molecule has 1 amide bonds. The molecule has 4 heteroatoms. The summed E-state index contributed by atoms with van der Waals surface area (Å²) in [6.07, 6.45) is 2.16. The van der Waals surface area contributed by atoms with E-state index in [1.165, 1.54) is 0 Å². The highest BCUT2D eigenvalue weighted by Gasteiger charge is 2.24. The van der Waals surface area contributed by atoms with Crippen molar-refractivity contribution in [2.24, 2.45) is 0 Å². The minimum Gasteiger partial charge on any atom is -0.481 e. The zero-order chi connectivity index (χ0) is 14.5. The SMILES string of the molecule is CCC(=O)c1ccc(OC(C)C(=O)N2CCCC2)cc1. The first-order valence-corrected chi connectivity index (χ1v) is 7.20. The predicted octanol–water partition coefficient (Wildman–Crippen LogP) is 2.67. The molecule has 0 bridgehead atoms. The van der Waals surface area contributed by atoms with Gasteiger partial charge in [0.2, 0.25) is 0 Å². The number of hydrogen-bond acceptors (Lipinski definition) is 3. The van der Waals surface area contributed by atoms with Crippen LogP contribution >= 0.6 is 0 Å². The number of benzene rings is 1. The number of amides is 1. The number of carbonyl (C=O) groups excluding carboxylic acids is 2. The summed E-state index contributed by atoms with van der Waals surface area (Å²) in [6, 6.07) is 6.98. The third-order valence-corrected chi connectivity index (χ3v) is 3.58. The summed E-state index contributed by atoms with van der Waals surface area (Å²) >= 11 is 0. The molecule has 20 heavy (non-hydrogen) atoms. The van der Waals surface area contributed by atoms with E-state index in [9.17, 15) is 9.59 Å². The van der Waals surface area contributed by atoms with Crippen molar-refractivity contribution in [1.29, 1.82) is 0 Å². The lowest BCUT2D eigenvalue weighted by atomic mass is 10.1. The van der Waals surface area contributed by atoms with Crippen LogP contribution in [0.4, 0.5) is 0 Å². The second-order valence-corrected chi connectivity index (χ2v) is 5.09. The van der Waals surface area contributed by atoms with Gasteiger partial charge < -0.3 is 9.64 Å². The van der Waals surface area contributed by atoms with Crippen LogP contribution in [0.2, 0.25) is 0 Å². The Morgan fingerprint density at radius 3 is 2.35 bits per heavy atom. The molecule has 1 unspecified atom stereocenters. The van der Waals surface area contributed by atoms with E-state index in [1.54, 1.807) is 31.2 Å². The van der Waals surface area contributed by atoms with E-state index < -0.39 is 6.10 Å². The maximum Gasteiger partial charge on any atom is 0.263 e. The number of hydrogen-bond donors (Lipinski definition) is 0. The lowest BCUT2D eigenvalue weighted by Crippen LogP contribution is -2.38. The summed E-state index contributed by atoms with van der Waals surface area (Å²) < 4.78 is 5.65. The average Bonchev–Trinajstić information content (AvgIpc) is 3.00. The van der Waals surface area contributed by atoms with Gasteiger partial charge in [-0.1, -0.05) is 6.92 Å². The highest BCUT2D eigenvalue weighted by molar-refractivity contribution is 5.95. The topological polar surface area (TPSA) is 46.6 Å². The van der Waals surface area contributed by atoms with E-state index in [-0.39, 0.29) is 11.7 Å². The van der Waals surface area contributed by atoms with Gasteiger partial charge in [0, 0.05) is 25.1 Å². The Labute approximate surface area is 119 Å². The second kappa shape index (κ2) is 6.55. The number of carbonyl (C=O) groups is 2. The van der Waals surface area contributed by atoms with E-state index in [2.05, 4.69) is 0 Å². The van der Waals surface area contributed by atoms with Gasteiger partial charge in [0.1, 0.15) is 5.75 Å². The van der Waals surface area contributed by atoms with E-state index >= 15 is 0 Å². The van der Waals surface area contributed by atoms with Crippen molar-refractivity contribution < 1.29 is 14.3 Å². The Morgan fingerprint density at radius 1 is 1.20 bits per heavy atom. The molecule has 1 aliphatic heterocycles. The van der Waals surface area contributed by atoms with Crippen LogP contribution in [0.1, 0.15) is 43.5 Å². The highest BCUT2D eigenvalue weighted by atomic mass is 16.5. The Kier molecular flexibility index (Phi) is 4.77. The van der Waals surface area contributed by atoms with Crippen molar-refractivity contribution in [3.05, 3.63) is 29.8 Å². The highest BCUT2D eigenvalue weighted by Crippen LogP contribution is 2.17. The lowest BCUT2D eigenvalue weighted by Gasteiger charge is -2.21. The van der Waals surface area contributed by atoms with Gasteiger partial charge in [-0.3, -0.25) is 9.59 Å². The van der Waals surface area contributed by atoms with Gasteiger partial charge in [-0.2, -0.15) is 0 Å². The molecule has 0 N–H and O–H groups in total. The normalized spacial score (nSPS) is 16.0. The molecule has 1 heterocycles. The maximum absolute atomic E-state index is 12.1. The van der Waals surface area contributed by atoms with Crippen LogP contribution in [0.15, 0.2) is 24.3 Å². The molecule has 1 aromatic rings. The molecule has 1 fully saturated rings. The molecule has 1 saturated heterocycles. The van der Waals surface area contributed by atoms with Gasteiger partial charge >= 0.3 is 0 Å². The Hall–Kier alpha value is -1.84. The number of ether oxygens (including phenoxy) is 1. The van der Waals surface area contributed by atoms with Crippen molar-refractivity contribution in [3.8, 4) is 5.75 Å². The van der Waals surface area contributed by atoms with Crippen LogP contribution in [0.3, 0.4) is 0 Å². The van der Waals surface area contributed by atoms with Crippen LogP contribution in [-0.4, -0.2) is 35.8 Å².